The average Bonchev–Trinajstić information content (AvgIpc) is 2.71. The van der Waals surface area contributed by atoms with Gasteiger partial charge in [0.15, 0.2) is 0 Å². The van der Waals surface area contributed by atoms with Crippen LogP contribution in [0.3, 0.4) is 0 Å². The molecule has 0 radical (unpaired) electrons. The Morgan fingerprint density at radius 2 is 0.871 bits per heavy atom. The Hall–Kier alpha value is 0.154. The molecule has 0 aliphatic heterocycles. The van der Waals surface area contributed by atoms with Crippen molar-refractivity contribution in [3.05, 3.63) is 0 Å². The van der Waals surface area contributed by atoms with Crippen LogP contribution in [0.1, 0.15) is 53.4 Å². The predicted molar refractivity (Wildman–Crippen MR) is 132 cm³/mol. The highest BCUT2D eigenvalue weighted by molar-refractivity contribution is 6.66. The number of rotatable bonds is 24. The Bertz CT molecular complexity index is 347. The fraction of sp³-hybridized carbons (Fsp3) is 1.00. The van der Waals surface area contributed by atoms with E-state index in [2.05, 4.69) is 18.4 Å². The molecule has 0 amide bonds. The van der Waals surface area contributed by atoms with Crippen molar-refractivity contribution in [2.75, 3.05) is 65.9 Å². The zero-order chi connectivity index (χ0) is 23.3. The molecule has 188 valence electrons. The minimum absolute atomic E-state index is 0.734. The van der Waals surface area contributed by atoms with Crippen LogP contribution in [0.2, 0.25) is 25.2 Å². The van der Waals surface area contributed by atoms with Gasteiger partial charge in [-0.25, -0.2) is 0 Å². The van der Waals surface area contributed by atoms with Gasteiger partial charge < -0.3 is 32.5 Å². The quantitative estimate of drug-likeness (QED) is 0.161. The Balaban J connectivity index is 3.45. The molecule has 0 aromatic rings. The Kier molecular flexibility index (Phi) is 20.8. The number of nitrogens with one attached hydrogen (secondary N) is 1. The van der Waals surface area contributed by atoms with Crippen molar-refractivity contribution in [3.63, 3.8) is 0 Å². The molecule has 9 heteroatoms. The van der Waals surface area contributed by atoms with Crippen LogP contribution in [-0.2, 0) is 27.2 Å². The smallest absolute Gasteiger partial charge is 0.334 e. The lowest BCUT2D eigenvalue weighted by Gasteiger charge is -2.25. The SMILES string of the molecule is CCO[Si](C)(CCCCOCCNCCOCCCC[Si](C)(OCC)OCC)OCC. The second-order valence-electron chi connectivity index (χ2n) is 7.89. The normalized spacial score (nSPS) is 12.6. The molecule has 0 heterocycles. The van der Waals surface area contributed by atoms with Crippen LogP contribution in [-0.4, -0.2) is 83.1 Å². The number of hydrogen-bond acceptors (Lipinski definition) is 7. The molecule has 0 atom stereocenters. The number of ether oxygens (including phenoxy) is 2. The van der Waals surface area contributed by atoms with Crippen molar-refractivity contribution in [2.45, 2.75) is 78.6 Å². The fourth-order valence-corrected chi connectivity index (χ4v) is 8.48. The molecule has 0 aromatic carbocycles. The summed E-state index contributed by atoms with van der Waals surface area (Å²) < 4.78 is 34.9. The van der Waals surface area contributed by atoms with Crippen LogP contribution in [0.15, 0.2) is 0 Å². The largest absolute Gasteiger partial charge is 0.395 e. The highest BCUT2D eigenvalue weighted by Gasteiger charge is 2.30. The molecule has 0 aromatic heterocycles. The standard InChI is InChI=1S/C22H51NO6Si2/c1-7-26-30(5,27-8-2)21-13-11-17-24-19-15-23-16-20-25-18-12-14-22-31(6,28-9-3)29-10-4/h23H,7-22H2,1-6H3. The van der Waals surface area contributed by atoms with Crippen molar-refractivity contribution < 1.29 is 27.2 Å². The van der Waals surface area contributed by atoms with E-state index in [9.17, 15) is 0 Å². The van der Waals surface area contributed by atoms with E-state index in [-0.39, 0.29) is 0 Å². The molecule has 31 heavy (non-hydrogen) atoms. The minimum atomic E-state index is -1.96. The van der Waals surface area contributed by atoms with Crippen molar-refractivity contribution in [1.29, 1.82) is 0 Å². The second kappa shape index (κ2) is 20.7. The predicted octanol–water partition coefficient (Wildman–Crippen LogP) is 4.46. The summed E-state index contributed by atoms with van der Waals surface area (Å²) in [5.41, 5.74) is 0. The van der Waals surface area contributed by atoms with E-state index in [0.29, 0.717) is 0 Å². The van der Waals surface area contributed by atoms with Gasteiger partial charge in [0.2, 0.25) is 0 Å². The molecule has 0 fully saturated rings. The van der Waals surface area contributed by atoms with Gasteiger partial charge in [-0.05, 0) is 78.6 Å². The molecule has 0 rings (SSSR count). The summed E-state index contributed by atoms with van der Waals surface area (Å²) in [6, 6.07) is 2.07. The first kappa shape index (κ1) is 31.2. The van der Waals surface area contributed by atoms with Crippen LogP contribution in [0, 0.1) is 0 Å². The monoisotopic (exact) mass is 481 g/mol. The molecule has 7 nitrogen and oxygen atoms in total. The summed E-state index contributed by atoms with van der Waals surface area (Å²) in [6.45, 7) is 20.2. The van der Waals surface area contributed by atoms with Gasteiger partial charge in [0, 0.05) is 52.7 Å². The minimum Gasteiger partial charge on any atom is -0.395 e. The summed E-state index contributed by atoms with van der Waals surface area (Å²) >= 11 is 0. The van der Waals surface area contributed by atoms with Gasteiger partial charge in [-0.2, -0.15) is 0 Å². The number of unbranched alkanes of at least 4 members (excludes halogenated alkanes) is 2. The van der Waals surface area contributed by atoms with E-state index in [1.807, 2.05) is 27.7 Å². The maximum absolute atomic E-state index is 5.86. The highest BCUT2D eigenvalue weighted by atomic mass is 28.4. The zero-order valence-corrected chi connectivity index (χ0v) is 23.3. The lowest BCUT2D eigenvalue weighted by molar-refractivity contribution is 0.117. The van der Waals surface area contributed by atoms with E-state index >= 15 is 0 Å². The van der Waals surface area contributed by atoms with E-state index in [4.69, 9.17) is 27.2 Å². The number of hydrogen-bond donors (Lipinski definition) is 1. The van der Waals surface area contributed by atoms with E-state index < -0.39 is 17.1 Å². The molecule has 0 spiro atoms. The zero-order valence-electron chi connectivity index (χ0n) is 21.3. The van der Waals surface area contributed by atoms with Gasteiger partial charge in [-0.3, -0.25) is 0 Å². The molecular formula is C22H51NO6Si2. The summed E-state index contributed by atoms with van der Waals surface area (Å²) in [7, 11) is -3.92. The average molecular weight is 482 g/mol. The van der Waals surface area contributed by atoms with Crippen LogP contribution >= 0.6 is 0 Å². The van der Waals surface area contributed by atoms with E-state index in [0.717, 1.165) is 104 Å². The molecule has 0 bridgehead atoms. The highest BCUT2D eigenvalue weighted by Crippen LogP contribution is 2.18. The van der Waals surface area contributed by atoms with E-state index in [1.165, 1.54) is 0 Å². The van der Waals surface area contributed by atoms with Gasteiger partial charge in [0.1, 0.15) is 0 Å². The molecule has 1 N–H and O–H groups in total. The third kappa shape index (κ3) is 18.3. The summed E-state index contributed by atoms with van der Waals surface area (Å²) in [4.78, 5) is 0. The Morgan fingerprint density at radius 1 is 0.516 bits per heavy atom. The summed E-state index contributed by atoms with van der Waals surface area (Å²) in [5, 5.41) is 3.37. The second-order valence-corrected chi connectivity index (χ2v) is 14.6. The van der Waals surface area contributed by atoms with Crippen LogP contribution < -0.4 is 5.32 Å². The van der Waals surface area contributed by atoms with Crippen LogP contribution in [0.25, 0.3) is 0 Å². The van der Waals surface area contributed by atoms with Crippen molar-refractivity contribution in [3.8, 4) is 0 Å². The van der Waals surface area contributed by atoms with Gasteiger partial charge in [-0.1, -0.05) is 0 Å². The topological polar surface area (TPSA) is 67.4 Å². The molecule has 0 saturated heterocycles. The summed E-state index contributed by atoms with van der Waals surface area (Å²) in [6.07, 6.45) is 4.31. The molecule has 0 aliphatic rings. The summed E-state index contributed by atoms with van der Waals surface area (Å²) in [5.74, 6) is 0. The first-order valence-corrected chi connectivity index (χ1v) is 17.4. The first-order valence-electron chi connectivity index (χ1n) is 12.4. The lowest BCUT2D eigenvalue weighted by atomic mass is 10.3. The first-order chi connectivity index (χ1) is 14.9. The van der Waals surface area contributed by atoms with E-state index in [1.54, 1.807) is 0 Å². The fourth-order valence-electron chi connectivity index (χ4n) is 3.51. The van der Waals surface area contributed by atoms with Gasteiger partial charge in [0.25, 0.3) is 0 Å². The van der Waals surface area contributed by atoms with Crippen LogP contribution in [0.5, 0.6) is 0 Å². The maximum atomic E-state index is 5.86. The third-order valence-corrected chi connectivity index (χ3v) is 11.1. The molecule has 0 unspecified atom stereocenters. The van der Waals surface area contributed by atoms with Gasteiger partial charge in [-0.15, -0.1) is 0 Å². The van der Waals surface area contributed by atoms with Gasteiger partial charge in [0.05, 0.1) is 13.2 Å². The Morgan fingerprint density at radius 3 is 1.19 bits per heavy atom. The third-order valence-electron chi connectivity index (χ3n) is 4.98. The van der Waals surface area contributed by atoms with Gasteiger partial charge >= 0.3 is 17.1 Å². The lowest BCUT2D eigenvalue weighted by Crippen LogP contribution is -2.38. The molecular weight excluding hydrogens is 430 g/mol. The molecule has 0 saturated carbocycles. The Labute approximate surface area is 194 Å². The van der Waals surface area contributed by atoms with Crippen molar-refractivity contribution >= 4 is 17.1 Å². The van der Waals surface area contributed by atoms with Crippen molar-refractivity contribution in [1.82, 2.24) is 5.32 Å². The van der Waals surface area contributed by atoms with Crippen LogP contribution in [0.4, 0.5) is 0 Å². The maximum Gasteiger partial charge on any atom is 0.334 e. The van der Waals surface area contributed by atoms with Crippen molar-refractivity contribution in [2.24, 2.45) is 0 Å². The molecule has 0 aliphatic carbocycles.